The van der Waals surface area contributed by atoms with Gasteiger partial charge in [0.05, 0.1) is 12.7 Å². The quantitative estimate of drug-likeness (QED) is 0.132. The van der Waals surface area contributed by atoms with Crippen molar-refractivity contribution < 1.29 is 43.7 Å². The Balaban J connectivity index is 1.29. The Morgan fingerprint density at radius 3 is 2.03 bits per heavy atom. The summed E-state index contributed by atoms with van der Waals surface area (Å²) in [6.07, 6.45) is 22.5. The van der Waals surface area contributed by atoms with Crippen LogP contribution >= 0.6 is 0 Å². The van der Waals surface area contributed by atoms with Gasteiger partial charge >= 0.3 is 5.97 Å². The number of carbonyl (C=O) groups excluding carboxylic acids is 5. The minimum absolute atomic E-state index is 0.0447. The van der Waals surface area contributed by atoms with Crippen LogP contribution in [0.1, 0.15) is 147 Å². The number of nitrogens with zero attached hydrogens (tertiary/aromatic N) is 1. The van der Waals surface area contributed by atoms with Crippen LogP contribution < -0.4 is 26.6 Å². The fraction of sp³-hybridized carbons (Fsp3) is 0.729. The Labute approximate surface area is 372 Å². The number of fused-ring (bicyclic) bond motifs is 16. The predicted octanol–water partition coefficient (Wildman–Crippen LogP) is 4.05. The lowest BCUT2D eigenvalue weighted by molar-refractivity contribution is -0.143. The Hall–Kier alpha value is -4.55. The van der Waals surface area contributed by atoms with E-state index in [-0.39, 0.29) is 31.0 Å². The summed E-state index contributed by atoms with van der Waals surface area (Å²) in [4.78, 5) is 86.5. The van der Waals surface area contributed by atoms with Gasteiger partial charge in [0.25, 0.3) is 5.91 Å². The third-order valence-electron chi connectivity index (χ3n) is 14.5. The summed E-state index contributed by atoms with van der Waals surface area (Å²) in [7, 11) is 0. The van der Waals surface area contributed by atoms with Crippen molar-refractivity contribution in [1.29, 1.82) is 0 Å². The summed E-state index contributed by atoms with van der Waals surface area (Å²) in [5, 5.41) is 33.3. The lowest BCUT2D eigenvalue weighted by atomic mass is 9.70. The molecule has 2 saturated heterocycles. The van der Waals surface area contributed by atoms with E-state index in [1.54, 1.807) is 24.5 Å². The molecule has 15 heteroatoms. The molecule has 1 aromatic rings. The highest BCUT2D eigenvalue weighted by molar-refractivity contribution is 5.97. The number of hydrogen-bond acceptors (Lipinski definition) is 9. The monoisotopic (exact) mass is 875 g/mol. The number of aliphatic hydroxyl groups excluding tert-OH is 1. The number of rotatable bonds is 10. The lowest BCUT2D eigenvalue weighted by Gasteiger charge is -2.37. The molecule has 6 aliphatic rings. The van der Waals surface area contributed by atoms with Crippen LogP contribution in [0.2, 0.25) is 0 Å². The first-order valence-corrected chi connectivity index (χ1v) is 23.9. The van der Waals surface area contributed by atoms with Crippen molar-refractivity contribution >= 4 is 35.5 Å². The number of carbonyl (C=O) groups is 6. The van der Waals surface area contributed by atoms with Crippen LogP contribution in [0.5, 0.6) is 0 Å². The molecule has 3 heterocycles. The van der Waals surface area contributed by atoms with Crippen molar-refractivity contribution in [3.05, 3.63) is 30.1 Å². The summed E-state index contributed by atoms with van der Waals surface area (Å²) >= 11 is 0. The highest BCUT2D eigenvalue weighted by atomic mass is 16.5. The number of hydrogen-bond donors (Lipinski definition) is 7. The first-order valence-electron chi connectivity index (χ1n) is 23.9. The Morgan fingerprint density at radius 1 is 0.730 bits per heavy atom. The van der Waals surface area contributed by atoms with Crippen molar-refractivity contribution in [1.82, 2.24) is 31.6 Å². The maximum absolute atomic E-state index is 14.7. The molecule has 15 nitrogen and oxygen atoms in total. The molecule has 0 radical (unpaired) electrons. The van der Waals surface area contributed by atoms with E-state index in [1.165, 1.54) is 32.1 Å². The Morgan fingerprint density at radius 2 is 1.37 bits per heavy atom. The predicted molar refractivity (Wildman–Crippen MR) is 234 cm³/mol. The molecule has 7 rings (SSSR count). The fourth-order valence-corrected chi connectivity index (χ4v) is 10.7. The molecule has 0 aromatic carbocycles. The molecular formula is C48H70N6O9. The normalized spacial score (nSPS) is 30.4. The number of carboxylic acids is 1. The van der Waals surface area contributed by atoms with E-state index in [1.807, 2.05) is 0 Å². The largest absolute Gasteiger partial charge is 0.480 e. The number of ether oxygens (including phenoxy) is 1. The fourth-order valence-electron chi connectivity index (χ4n) is 10.7. The number of amides is 5. The van der Waals surface area contributed by atoms with Gasteiger partial charge in [0.2, 0.25) is 23.6 Å². The maximum Gasteiger partial charge on any atom is 0.328 e. The molecule has 2 aliphatic heterocycles. The van der Waals surface area contributed by atoms with Crippen molar-refractivity contribution in [2.24, 2.45) is 29.6 Å². The van der Waals surface area contributed by atoms with Gasteiger partial charge in [-0.1, -0.05) is 88.9 Å². The number of carboxylic acid groups (broad SMARTS) is 1. The van der Waals surface area contributed by atoms with E-state index in [9.17, 15) is 39.0 Å². The van der Waals surface area contributed by atoms with Gasteiger partial charge in [0.1, 0.15) is 30.8 Å². The number of aliphatic hydroxyl groups is 1. The van der Waals surface area contributed by atoms with Gasteiger partial charge in [-0.15, -0.1) is 0 Å². The topological polar surface area (TPSA) is 225 Å². The van der Waals surface area contributed by atoms with Crippen LogP contribution in [-0.2, 0) is 33.5 Å². The first kappa shape index (κ1) is 47.9. The maximum atomic E-state index is 14.7. The van der Waals surface area contributed by atoms with E-state index >= 15 is 0 Å². The van der Waals surface area contributed by atoms with Crippen molar-refractivity contribution in [2.75, 3.05) is 13.2 Å². The first-order chi connectivity index (χ1) is 30.5. The minimum Gasteiger partial charge on any atom is -0.480 e. The molecule has 1 aromatic heterocycles. The molecule has 63 heavy (non-hydrogen) atoms. The lowest BCUT2D eigenvalue weighted by Crippen LogP contribution is -2.59. The van der Waals surface area contributed by atoms with Crippen LogP contribution in [0, 0.1) is 41.4 Å². The van der Waals surface area contributed by atoms with Crippen LogP contribution in [-0.4, -0.2) is 100 Å². The third kappa shape index (κ3) is 15.0. The average Bonchev–Trinajstić information content (AvgIpc) is 3.30. The second-order valence-electron chi connectivity index (χ2n) is 19.0. The van der Waals surface area contributed by atoms with Gasteiger partial charge < -0.3 is 41.5 Å². The summed E-state index contributed by atoms with van der Waals surface area (Å²) in [6.45, 7) is -1.14. The molecule has 5 atom stereocenters. The zero-order valence-electron chi connectivity index (χ0n) is 36.8. The van der Waals surface area contributed by atoms with Crippen LogP contribution in [0.15, 0.2) is 24.5 Å². The van der Waals surface area contributed by atoms with E-state index in [0.29, 0.717) is 62.3 Å². The number of pyridine rings is 1. The van der Waals surface area contributed by atoms with Gasteiger partial charge in [0.15, 0.2) is 6.04 Å². The van der Waals surface area contributed by atoms with Crippen molar-refractivity contribution in [3.63, 3.8) is 0 Å². The van der Waals surface area contributed by atoms with E-state index in [2.05, 4.69) is 43.4 Å². The highest BCUT2D eigenvalue weighted by Gasteiger charge is 2.37. The standard InChI is InChI=1S/C48H70N6O9/c55-29-42(48(61)62)54-47(60)41-28-34-13-19-37(20-14-34)63-30-43(56)50-38(21-16-32-23-25-49-26-24-32)44(57)52-40(27-33-11-17-36(18-12-33)35-9-5-2-6-10-35)46(59)51-39(45(58)53-41)22-15-31-7-3-1-4-8-31/h23-26,31,33-42,55H,1-15,17-20,22,27-30H2,(H,50,56)(H,51,59)(H,52,57)(H,53,58)(H,54,60)(H,61,62). The third-order valence-corrected chi connectivity index (χ3v) is 14.5. The summed E-state index contributed by atoms with van der Waals surface area (Å²) in [5.74, 6) is 3.28. The molecular weight excluding hydrogens is 805 g/mol. The van der Waals surface area contributed by atoms with Crippen LogP contribution in [0.3, 0.4) is 0 Å². The number of nitrogens with one attached hydrogen (secondary N) is 5. The molecule has 5 unspecified atom stereocenters. The van der Waals surface area contributed by atoms with Gasteiger partial charge in [-0.25, -0.2) is 4.79 Å². The molecule has 5 amide bonds. The summed E-state index contributed by atoms with van der Waals surface area (Å²) < 4.78 is 6.01. The van der Waals surface area contributed by atoms with E-state index in [4.69, 9.17) is 4.74 Å². The summed E-state index contributed by atoms with van der Waals surface area (Å²) in [5.41, 5.74) is 0.591. The van der Waals surface area contributed by atoms with E-state index < -0.39 is 72.3 Å². The van der Waals surface area contributed by atoms with Crippen LogP contribution in [0.4, 0.5) is 0 Å². The number of aromatic nitrogens is 1. The van der Waals surface area contributed by atoms with Gasteiger partial charge in [-0.2, -0.15) is 0 Å². The van der Waals surface area contributed by atoms with Gasteiger partial charge in [0, 0.05) is 18.0 Å². The molecule has 4 saturated carbocycles. The average molecular weight is 875 g/mol. The zero-order valence-corrected chi connectivity index (χ0v) is 36.8. The smallest absolute Gasteiger partial charge is 0.328 e. The molecule has 0 spiro atoms. The molecule has 346 valence electrons. The highest BCUT2D eigenvalue weighted by Crippen LogP contribution is 2.41. The molecule has 2 bridgehead atoms. The van der Waals surface area contributed by atoms with E-state index in [0.717, 1.165) is 63.7 Å². The SMILES string of the molecule is O=C1COC2CCC(CC2)CC(C(=O)NC(CO)C(=O)O)NC(=O)C(CCC2CCCCC2)NC(=O)C(CC2CCC(C3CCCCC3)CC2)NC(=O)C(C#Cc2ccncc2)N1. The van der Waals surface area contributed by atoms with Crippen molar-refractivity contribution in [3.8, 4) is 11.8 Å². The van der Waals surface area contributed by atoms with Crippen molar-refractivity contribution in [2.45, 2.75) is 178 Å². The Kier molecular flexibility index (Phi) is 18.6. The second kappa shape index (κ2) is 24.5. The summed E-state index contributed by atoms with van der Waals surface area (Å²) in [6, 6.07) is -2.76. The van der Waals surface area contributed by atoms with Gasteiger partial charge in [-0.05, 0) is 106 Å². The molecule has 6 fully saturated rings. The van der Waals surface area contributed by atoms with Crippen LogP contribution in [0.25, 0.3) is 0 Å². The number of aliphatic carboxylic acids is 1. The zero-order chi connectivity index (χ0) is 44.6. The Bertz CT molecular complexity index is 1740. The minimum atomic E-state index is -1.57. The molecule has 4 aliphatic carbocycles. The van der Waals surface area contributed by atoms with Gasteiger partial charge in [-0.3, -0.25) is 29.0 Å². The molecule has 7 N–H and O–H groups in total. The second-order valence-corrected chi connectivity index (χ2v) is 19.0.